The lowest BCUT2D eigenvalue weighted by atomic mass is 10.0. The van der Waals surface area contributed by atoms with Crippen molar-refractivity contribution >= 4 is 5.57 Å². The summed E-state index contributed by atoms with van der Waals surface area (Å²) in [7, 11) is 0. The topological polar surface area (TPSA) is 0 Å². The van der Waals surface area contributed by atoms with E-state index < -0.39 is 0 Å². The fourth-order valence-corrected chi connectivity index (χ4v) is 4.73. The van der Waals surface area contributed by atoms with Crippen molar-refractivity contribution in [1.82, 2.24) is 0 Å². The van der Waals surface area contributed by atoms with Crippen molar-refractivity contribution < 1.29 is 21.5 Å². The molecule has 0 bridgehead atoms. The van der Waals surface area contributed by atoms with Gasteiger partial charge in [-0.15, -0.1) is 0 Å². The molecule has 0 radical (unpaired) electrons. The first-order valence-corrected chi connectivity index (χ1v) is 13.6. The first-order valence-electron chi connectivity index (χ1n) is 13.6. The molecule has 0 aliphatic heterocycles. The van der Waals surface area contributed by atoms with Gasteiger partial charge in [0.1, 0.15) is 6.54 Å². The summed E-state index contributed by atoms with van der Waals surface area (Å²) in [5, 5.41) is 0. The highest BCUT2D eigenvalue weighted by atomic mass is 79.9. The maximum absolute atomic E-state index is 4.56. The molecule has 0 aliphatic rings. The Balaban J connectivity index is 0.00000961. The van der Waals surface area contributed by atoms with Crippen molar-refractivity contribution in [2.24, 2.45) is 5.92 Å². The summed E-state index contributed by atoms with van der Waals surface area (Å²) in [5.74, 6) is 0.775. The molecule has 0 atom stereocenters. The average Bonchev–Trinajstić information content (AvgIpc) is 2.77. The van der Waals surface area contributed by atoms with E-state index in [1.807, 2.05) is 0 Å². The van der Waals surface area contributed by atoms with Gasteiger partial charge in [-0.3, -0.25) is 0 Å². The number of hydrogen-bond acceptors (Lipinski definition) is 0. The second kappa shape index (κ2) is 19.8. The lowest BCUT2D eigenvalue weighted by Gasteiger charge is -2.40. The maximum Gasteiger partial charge on any atom is 0.104 e. The fourth-order valence-electron chi connectivity index (χ4n) is 4.73. The monoisotopic (exact) mass is 507 g/mol. The molecule has 0 saturated carbocycles. The minimum absolute atomic E-state index is 0. The van der Waals surface area contributed by atoms with E-state index in [0.717, 1.165) is 12.5 Å². The Morgan fingerprint density at radius 1 is 0.719 bits per heavy atom. The Hall–Kier alpha value is -0.600. The third kappa shape index (κ3) is 14.5. The van der Waals surface area contributed by atoms with Crippen LogP contribution in [0.25, 0.3) is 5.57 Å². The molecule has 0 amide bonds. The molecule has 0 unspecified atom stereocenters. The maximum atomic E-state index is 4.56. The van der Waals surface area contributed by atoms with E-state index in [0.29, 0.717) is 0 Å². The van der Waals surface area contributed by atoms with Crippen molar-refractivity contribution in [3.05, 3.63) is 42.5 Å². The number of unbranched alkanes of at least 4 members (excludes halogenated alkanes) is 10. The SMILES string of the molecule is C=C(C[N+](CCCCCCCC)(CCCCCCCC)CCC(C)C)c1ccccc1.[Br-]. The zero-order valence-corrected chi connectivity index (χ0v) is 23.6. The molecular weight excluding hydrogens is 454 g/mol. The van der Waals surface area contributed by atoms with Gasteiger partial charge in [0.05, 0.1) is 19.6 Å². The largest absolute Gasteiger partial charge is 1.00 e. The average molecular weight is 509 g/mol. The Morgan fingerprint density at radius 2 is 1.19 bits per heavy atom. The normalized spacial score (nSPS) is 11.5. The molecule has 0 saturated heterocycles. The summed E-state index contributed by atoms with van der Waals surface area (Å²) in [6.07, 6.45) is 18.0. The Kier molecular flexibility index (Phi) is 19.5. The third-order valence-electron chi connectivity index (χ3n) is 6.86. The zero-order valence-electron chi connectivity index (χ0n) is 22.0. The number of halogens is 1. The molecule has 1 aromatic rings. The fraction of sp³-hybridized carbons (Fsp3) is 0.733. The second-order valence-corrected chi connectivity index (χ2v) is 10.4. The Morgan fingerprint density at radius 3 is 1.66 bits per heavy atom. The van der Waals surface area contributed by atoms with E-state index in [-0.39, 0.29) is 17.0 Å². The molecule has 1 nitrogen and oxygen atoms in total. The van der Waals surface area contributed by atoms with Crippen LogP contribution in [0.5, 0.6) is 0 Å². The number of hydrogen-bond donors (Lipinski definition) is 0. The second-order valence-electron chi connectivity index (χ2n) is 10.4. The first-order chi connectivity index (χ1) is 15.0. The van der Waals surface area contributed by atoms with Crippen LogP contribution in [0, 0.1) is 5.92 Å². The molecular formula is C30H54BrN. The van der Waals surface area contributed by atoms with Gasteiger partial charge < -0.3 is 21.5 Å². The van der Waals surface area contributed by atoms with Gasteiger partial charge >= 0.3 is 0 Å². The van der Waals surface area contributed by atoms with Gasteiger partial charge in [-0.05, 0) is 43.6 Å². The zero-order chi connectivity index (χ0) is 22.8. The van der Waals surface area contributed by atoms with Gasteiger partial charge in [-0.2, -0.15) is 0 Å². The molecule has 0 aromatic heterocycles. The van der Waals surface area contributed by atoms with Crippen molar-refractivity contribution in [3.63, 3.8) is 0 Å². The lowest BCUT2D eigenvalue weighted by molar-refractivity contribution is -0.922. The minimum atomic E-state index is 0. The van der Waals surface area contributed by atoms with Crippen molar-refractivity contribution in [3.8, 4) is 0 Å². The van der Waals surface area contributed by atoms with Crippen LogP contribution in [0.4, 0.5) is 0 Å². The van der Waals surface area contributed by atoms with Gasteiger partial charge in [0.2, 0.25) is 0 Å². The molecule has 186 valence electrons. The quantitative estimate of drug-likeness (QED) is 0.144. The standard InChI is InChI=1S/C30H54N.BrH/c1-6-8-10-12-14-19-24-31(26-23-28(3)4,25-20-15-13-11-9-7-2)27-29(5)30-21-17-16-18-22-30;/h16-18,21-22,28H,5-15,19-20,23-27H2,1-4H3;1H/q+1;/p-1. The molecule has 0 N–H and O–H groups in total. The van der Waals surface area contributed by atoms with Gasteiger partial charge in [0.15, 0.2) is 0 Å². The van der Waals surface area contributed by atoms with Crippen LogP contribution in [0.1, 0.15) is 117 Å². The molecule has 0 spiro atoms. The number of quaternary nitrogens is 1. The lowest BCUT2D eigenvalue weighted by Crippen LogP contribution is -3.00. The predicted molar refractivity (Wildman–Crippen MR) is 141 cm³/mol. The van der Waals surface area contributed by atoms with Gasteiger partial charge in [0.25, 0.3) is 0 Å². The van der Waals surface area contributed by atoms with Crippen LogP contribution in [-0.2, 0) is 0 Å². The van der Waals surface area contributed by atoms with Gasteiger partial charge in [0, 0.05) is 5.57 Å². The number of rotatable bonds is 20. The molecule has 0 aliphatic carbocycles. The molecule has 0 fully saturated rings. The van der Waals surface area contributed by atoms with Gasteiger partial charge in [-0.1, -0.05) is 116 Å². The Labute approximate surface area is 212 Å². The van der Waals surface area contributed by atoms with Gasteiger partial charge in [-0.25, -0.2) is 0 Å². The first kappa shape index (κ1) is 31.4. The van der Waals surface area contributed by atoms with E-state index in [1.54, 1.807) is 0 Å². The highest BCUT2D eigenvalue weighted by Crippen LogP contribution is 2.24. The van der Waals surface area contributed by atoms with Crippen LogP contribution >= 0.6 is 0 Å². The van der Waals surface area contributed by atoms with Crippen LogP contribution in [0.15, 0.2) is 36.9 Å². The van der Waals surface area contributed by atoms with Crippen molar-refractivity contribution in [2.75, 3.05) is 26.2 Å². The minimum Gasteiger partial charge on any atom is -1.00 e. The highest BCUT2D eigenvalue weighted by Gasteiger charge is 2.28. The molecule has 32 heavy (non-hydrogen) atoms. The molecule has 2 heteroatoms. The summed E-state index contributed by atoms with van der Waals surface area (Å²) >= 11 is 0. The van der Waals surface area contributed by atoms with Crippen LogP contribution in [0.2, 0.25) is 0 Å². The van der Waals surface area contributed by atoms with Crippen molar-refractivity contribution in [2.45, 2.75) is 111 Å². The van der Waals surface area contributed by atoms with E-state index in [1.165, 1.54) is 119 Å². The molecule has 1 aromatic carbocycles. The van der Waals surface area contributed by atoms with Crippen LogP contribution < -0.4 is 17.0 Å². The van der Waals surface area contributed by atoms with E-state index >= 15 is 0 Å². The van der Waals surface area contributed by atoms with E-state index in [9.17, 15) is 0 Å². The summed E-state index contributed by atoms with van der Waals surface area (Å²) in [6, 6.07) is 10.9. The number of benzene rings is 1. The summed E-state index contributed by atoms with van der Waals surface area (Å²) in [5.41, 5.74) is 2.67. The summed E-state index contributed by atoms with van der Waals surface area (Å²) < 4.78 is 1.26. The number of nitrogens with zero attached hydrogens (tertiary/aromatic N) is 1. The highest BCUT2D eigenvalue weighted by molar-refractivity contribution is 5.63. The Bertz CT molecular complexity index is 535. The third-order valence-corrected chi connectivity index (χ3v) is 6.86. The predicted octanol–water partition coefficient (Wildman–Crippen LogP) is 6.29. The van der Waals surface area contributed by atoms with E-state index in [2.05, 4.69) is 64.6 Å². The van der Waals surface area contributed by atoms with E-state index in [4.69, 9.17) is 0 Å². The molecule has 0 heterocycles. The summed E-state index contributed by atoms with van der Waals surface area (Å²) in [4.78, 5) is 0. The van der Waals surface area contributed by atoms with Crippen LogP contribution in [0.3, 0.4) is 0 Å². The molecule has 1 rings (SSSR count). The van der Waals surface area contributed by atoms with Crippen LogP contribution in [-0.4, -0.2) is 30.7 Å². The summed E-state index contributed by atoms with van der Waals surface area (Å²) in [6.45, 7) is 19.1. The smallest absolute Gasteiger partial charge is 0.104 e. The van der Waals surface area contributed by atoms with Crippen molar-refractivity contribution in [1.29, 1.82) is 0 Å².